The first-order valence-electron chi connectivity index (χ1n) is 4.92. The van der Waals surface area contributed by atoms with Crippen molar-refractivity contribution in [1.29, 1.82) is 0 Å². The van der Waals surface area contributed by atoms with Crippen LogP contribution in [-0.4, -0.2) is 21.4 Å². The van der Waals surface area contributed by atoms with Gasteiger partial charge in [-0.2, -0.15) is 5.10 Å². The largest absolute Gasteiger partial charge is 0.382 e. The van der Waals surface area contributed by atoms with Gasteiger partial charge in [0.2, 0.25) is 0 Å². The molecular formula is C10H19N3O. The topological polar surface area (TPSA) is 64.1 Å². The van der Waals surface area contributed by atoms with E-state index >= 15 is 0 Å². The molecule has 14 heavy (non-hydrogen) atoms. The molecule has 0 fully saturated rings. The summed E-state index contributed by atoms with van der Waals surface area (Å²) >= 11 is 0. The Labute approximate surface area is 84.7 Å². The number of nitrogens with zero attached hydrogens (tertiary/aromatic N) is 2. The molecule has 1 unspecified atom stereocenters. The number of aliphatic hydroxyl groups is 1. The maximum atomic E-state index is 9.84. The summed E-state index contributed by atoms with van der Waals surface area (Å²) in [5.74, 6) is 0.547. The van der Waals surface area contributed by atoms with E-state index in [1.54, 1.807) is 6.92 Å². The summed E-state index contributed by atoms with van der Waals surface area (Å²) in [6, 6.07) is 1.81. The van der Waals surface area contributed by atoms with Crippen LogP contribution in [0.1, 0.15) is 26.5 Å². The van der Waals surface area contributed by atoms with E-state index in [0.717, 1.165) is 6.54 Å². The van der Waals surface area contributed by atoms with Crippen LogP contribution in [0, 0.1) is 5.92 Å². The minimum absolute atomic E-state index is 0.186. The molecule has 0 aliphatic rings. The van der Waals surface area contributed by atoms with Crippen molar-refractivity contribution in [3.05, 3.63) is 18.0 Å². The summed E-state index contributed by atoms with van der Waals surface area (Å²) in [6.07, 6.45) is 1.87. The molecule has 80 valence electrons. The molecular weight excluding hydrogens is 178 g/mol. The van der Waals surface area contributed by atoms with Crippen molar-refractivity contribution in [3.63, 3.8) is 0 Å². The van der Waals surface area contributed by atoms with Crippen LogP contribution in [0.25, 0.3) is 0 Å². The average Bonchev–Trinajstić information content (AvgIpc) is 2.52. The zero-order valence-electron chi connectivity index (χ0n) is 9.07. The fourth-order valence-corrected chi connectivity index (χ4v) is 1.23. The second-order valence-corrected chi connectivity index (χ2v) is 4.29. The number of hydrogen-bond acceptors (Lipinski definition) is 3. The molecule has 0 aliphatic carbocycles. The highest BCUT2D eigenvalue weighted by Gasteiger charge is 2.23. The molecule has 0 saturated heterocycles. The predicted molar refractivity (Wildman–Crippen MR) is 55.7 cm³/mol. The monoisotopic (exact) mass is 197 g/mol. The number of hydrogen-bond donors (Lipinski definition) is 2. The molecule has 1 atom stereocenters. The van der Waals surface area contributed by atoms with Crippen molar-refractivity contribution in [2.75, 3.05) is 6.54 Å². The lowest BCUT2D eigenvalue weighted by molar-refractivity contribution is 0.0613. The van der Waals surface area contributed by atoms with Gasteiger partial charge in [-0.25, -0.2) is 0 Å². The molecule has 0 aliphatic heterocycles. The summed E-state index contributed by atoms with van der Waals surface area (Å²) in [5.41, 5.74) is 5.08. The minimum atomic E-state index is -1.01. The van der Waals surface area contributed by atoms with Crippen molar-refractivity contribution >= 4 is 0 Å². The predicted octanol–water partition coefficient (Wildman–Crippen LogP) is 0.705. The third-order valence-corrected chi connectivity index (χ3v) is 2.14. The Balaban J connectivity index is 2.77. The first kappa shape index (κ1) is 11.2. The zero-order valence-corrected chi connectivity index (χ0v) is 9.07. The van der Waals surface area contributed by atoms with Crippen LogP contribution in [0.5, 0.6) is 0 Å². The van der Waals surface area contributed by atoms with Crippen LogP contribution in [0.2, 0.25) is 0 Å². The Kier molecular flexibility index (Phi) is 3.29. The van der Waals surface area contributed by atoms with Crippen molar-refractivity contribution < 1.29 is 5.11 Å². The van der Waals surface area contributed by atoms with Crippen molar-refractivity contribution in [2.24, 2.45) is 11.7 Å². The molecule has 1 rings (SSSR count). The maximum absolute atomic E-state index is 9.84. The highest BCUT2D eigenvalue weighted by Crippen LogP contribution is 2.16. The lowest BCUT2D eigenvalue weighted by Crippen LogP contribution is -2.32. The van der Waals surface area contributed by atoms with Gasteiger partial charge in [-0.15, -0.1) is 0 Å². The Morgan fingerprint density at radius 2 is 2.29 bits per heavy atom. The molecule has 0 saturated carbocycles. The van der Waals surface area contributed by atoms with Gasteiger partial charge < -0.3 is 10.8 Å². The van der Waals surface area contributed by atoms with E-state index < -0.39 is 5.60 Å². The van der Waals surface area contributed by atoms with Crippen LogP contribution in [-0.2, 0) is 12.1 Å². The van der Waals surface area contributed by atoms with Crippen LogP contribution in [0.15, 0.2) is 12.3 Å². The van der Waals surface area contributed by atoms with Crippen molar-refractivity contribution in [1.82, 2.24) is 9.78 Å². The Morgan fingerprint density at radius 1 is 1.64 bits per heavy atom. The van der Waals surface area contributed by atoms with Crippen LogP contribution in [0.4, 0.5) is 0 Å². The fraction of sp³-hybridized carbons (Fsp3) is 0.700. The summed E-state index contributed by atoms with van der Waals surface area (Å²) in [4.78, 5) is 0. The molecule has 1 aromatic rings. The zero-order chi connectivity index (χ0) is 10.8. The van der Waals surface area contributed by atoms with Gasteiger partial charge in [-0.05, 0) is 18.9 Å². The third kappa shape index (κ3) is 2.56. The highest BCUT2D eigenvalue weighted by atomic mass is 16.3. The number of aromatic nitrogens is 2. The molecule has 4 heteroatoms. The van der Waals surface area contributed by atoms with Crippen LogP contribution in [0.3, 0.4) is 0 Å². The van der Waals surface area contributed by atoms with Gasteiger partial charge in [0.1, 0.15) is 5.60 Å². The Bertz CT molecular complexity index is 291. The lowest BCUT2D eigenvalue weighted by atomic mass is 10.0. The summed E-state index contributed by atoms with van der Waals surface area (Å²) in [5, 5.41) is 14.1. The first-order valence-corrected chi connectivity index (χ1v) is 4.92. The SMILES string of the molecule is CC(C)Cn1ccc(C(C)(O)CN)n1. The standard InChI is InChI=1S/C10H19N3O/c1-8(2)6-13-5-4-9(12-13)10(3,14)7-11/h4-5,8,14H,6-7,11H2,1-3H3. The number of nitrogens with two attached hydrogens (primary N) is 1. The number of rotatable bonds is 4. The minimum Gasteiger partial charge on any atom is -0.382 e. The van der Waals surface area contributed by atoms with Crippen molar-refractivity contribution in [2.45, 2.75) is 32.9 Å². The molecule has 1 aromatic heterocycles. The van der Waals surface area contributed by atoms with E-state index in [-0.39, 0.29) is 6.54 Å². The molecule has 3 N–H and O–H groups in total. The summed E-state index contributed by atoms with van der Waals surface area (Å²) < 4.78 is 1.84. The van der Waals surface area contributed by atoms with Crippen molar-refractivity contribution in [3.8, 4) is 0 Å². The molecule has 0 radical (unpaired) electrons. The molecule has 0 bridgehead atoms. The van der Waals surface area contributed by atoms with Gasteiger partial charge >= 0.3 is 0 Å². The normalized spacial score (nSPS) is 15.9. The fourth-order valence-electron chi connectivity index (χ4n) is 1.23. The second-order valence-electron chi connectivity index (χ2n) is 4.29. The van der Waals surface area contributed by atoms with E-state index in [4.69, 9.17) is 5.73 Å². The molecule has 0 amide bonds. The lowest BCUT2D eigenvalue weighted by Gasteiger charge is -2.17. The van der Waals surface area contributed by atoms with Gasteiger partial charge in [0.05, 0.1) is 5.69 Å². The van der Waals surface area contributed by atoms with Gasteiger partial charge in [0.15, 0.2) is 0 Å². The van der Waals surface area contributed by atoms with E-state index in [9.17, 15) is 5.11 Å². The molecule has 4 nitrogen and oxygen atoms in total. The Hall–Kier alpha value is -0.870. The van der Waals surface area contributed by atoms with E-state index in [0.29, 0.717) is 11.6 Å². The van der Waals surface area contributed by atoms with Crippen LogP contribution < -0.4 is 5.73 Å². The van der Waals surface area contributed by atoms with E-state index in [1.165, 1.54) is 0 Å². The van der Waals surface area contributed by atoms with E-state index in [2.05, 4.69) is 18.9 Å². The van der Waals surface area contributed by atoms with Gasteiger partial charge in [0.25, 0.3) is 0 Å². The summed E-state index contributed by atoms with van der Waals surface area (Å²) in [7, 11) is 0. The average molecular weight is 197 g/mol. The third-order valence-electron chi connectivity index (χ3n) is 2.14. The quantitative estimate of drug-likeness (QED) is 0.747. The van der Waals surface area contributed by atoms with Gasteiger partial charge in [-0.3, -0.25) is 4.68 Å². The van der Waals surface area contributed by atoms with E-state index in [1.807, 2.05) is 16.9 Å². The van der Waals surface area contributed by atoms with Gasteiger partial charge in [0, 0.05) is 19.3 Å². The first-order chi connectivity index (χ1) is 6.45. The maximum Gasteiger partial charge on any atom is 0.118 e. The Morgan fingerprint density at radius 3 is 2.79 bits per heavy atom. The molecule has 0 aromatic carbocycles. The smallest absolute Gasteiger partial charge is 0.118 e. The highest BCUT2D eigenvalue weighted by molar-refractivity contribution is 5.09. The molecule has 1 heterocycles. The summed E-state index contributed by atoms with van der Waals surface area (Å²) in [6.45, 7) is 6.98. The molecule has 0 spiro atoms. The van der Waals surface area contributed by atoms with Crippen LogP contribution >= 0.6 is 0 Å². The van der Waals surface area contributed by atoms with Gasteiger partial charge in [-0.1, -0.05) is 13.8 Å². The second kappa shape index (κ2) is 4.11.